The van der Waals surface area contributed by atoms with E-state index in [4.69, 9.17) is 17.3 Å². The summed E-state index contributed by atoms with van der Waals surface area (Å²) >= 11 is 9.01. The average molecular weight is 275 g/mol. The van der Waals surface area contributed by atoms with Crippen molar-refractivity contribution in [1.82, 2.24) is 19.7 Å². The van der Waals surface area contributed by atoms with Crippen LogP contribution in [0.3, 0.4) is 0 Å². The Morgan fingerprint density at radius 3 is 2.86 bits per heavy atom. The number of nitrogen functional groups attached to an aromatic ring is 1. The zero-order valence-corrected chi connectivity index (χ0v) is 9.20. The van der Waals surface area contributed by atoms with Crippen molar-refractivity contribution >= 4 is 33.2 Å². The van der Waals surface area contributed by atoms with Gasteiger partial charge in [-0.15, -0.1) is 0 Å². The molecule has 0 amide bonds. The highest BCUT2D eigenvalue weighted by Crippen LogP contribution is 2.21. The first kappa shape index (κ1) is 9.42. The fraction of sp³-hybridized carbons (Fsp3) is 0. The molecule has 0 spiro atoms. The van der Waals surface area contributed by atoms with E-state index >= 15 is 0 Å². The molecule has 2 aromatic heterocycles. The number of nitrogens with two attached hydrogens (primary N) is 1. The zero-order chi connectivity index (χ0) is 10.1. The molecular formula is C7H5BrClN5. The normalized spacial score (nSPS) is 10.4. The Hall–Kier alpha value is -1.14. The molecule has 0 saturated heterocycles. The third kappa shape index (κ3) is 1.58. The second-order valence-corrected chi connectivity index (χ2v) is 3.78. The van der Waals surface area contributed by atoms with Gasteiger partial charge in [-0.3, -0.25) is 0 Å². The largest absolute Gasteiger partial charge is 0.393 e. The van der Waals surface area contributed by atoms with Crippen LogP contribution in [0.15, 0.2) is 23.2 Å². The maximum absolute atomic E-state index is 5.74. The Bertz CT molecular complexity index is 469. The van der Waals surface area contributed by atoms with Gasteiger partial charge in [0.25, 0.3) is 0 Å². The predicted molar refractivity (Wildman–Crippen MR) is 56.3 cm³/mol. The van der Waals surface area contributed by atoms with E-state index in [2.05, 4.69) is 31.0 Å². The standard InChI is InChI=1S/C7H5BrClN5/c8-4-1-13-14(2-4)7-5(10)6(9)11-3-12-7/h1-3H,10H2. The predicted octanol–water partition coefficient (Wildman–Crippen LogP) is 1.66. The van der Waals surface area contributed by atoms with E-state index in [-0.39, 0.29) is 5.15 Å². The fourth-order valence-electron chi connectivity index (χ4n) is 0.965. The van der Waals surface area contributed by atoms with Crippen LogP contribution in [0.1, 0.15) is 0 Å². The van der Waals surface area contributed by atoms with Crippen molar-refractivity contribution in [2.75, 3.05) is 5.73 Å². The molecule has 0 aliphatic heterocycles. The molecule has 2 N–H and O–H groups in total. The summed E-state index contributed by atoms with van der Waals surface area (Å²) in [6.45, 7) is 0. The first-order valence-corrected chi connectivity index (χ1v) is 4.82. The Morgan fingerprint density at radius 1 is 1.43 bits per heavy atom. The molecule has 72 valence electrons. The molecule has 14 heavy (non-hydrogen) atoms. The highest BCUT2D eigenvalue weighted by atomic mass is 79.9. The topological polar surface area (TPSA) is 69.6 Å². The molecule has 7 heteroatoms. The summed E-state index contributed by atoms with van der Waals surface area (Å²) in [5.74, 6) is 0.468. The van der Waals surface area contributed by atoms with E-state index < -0.39 is 0 Å². The van der Waals surface area contributed by atoms with Crippen molar-refractivity contribution in [2.24, 2.45) is 0 Å². The maximum Gasteiger partial charge on any atom is 0.181 e. The van der Waals surface area contributed by atoms with Gasteiger partial charge in [-0.05, 0) is 15.9 Å². The minimum atomic E-state index is 0.224. The summed E-state index contributed by atoms with van der Waals surface area (Å²) < 4.78 is 2.36. The van der Waals surface area contributed by atoms with Gasteiger partial charge in [0.15, 0.2) is 11.0 Å². The van der Waals surface area contributed by atoms with E-state index in [1.54, 1.807) is 12.4 Å². The van der Waals surface area contributed by atoms with Crippen molar-refractivity contribution in [3.05, 3.63) is 28.3 Å². The summed E-state index contributed by atoms with van der Waals surface area (Å²) in [5, 5.41) is 4.25. The Balaban J connectivity index is 2.57. The number of aromatic nitrogens is 4. The number of hydrogen-bond acceptors (Lipinski definition) is 4. The number of halogens is 2. The van der Waals surface area contributed by atoms with E-state index in [1.165, 1.54) is 11.0 Å². The molecule has 5 nitrogen and oxygen atoms in total. The molecule has 0 aromatic carbocycles. The van der Waals surface area contributed by atoms with Crippen LogP contribution in [0.4, 0.5) is 5.69 Å². The number of anilines is 1. The summed E-state index contributed by atoms with van der Waals surface area (Å²) in [5.41, 5.74) is 6.00. The van der Waals surface area contributed by atoms with Crippen LogP contribution in [0, 0.1) is 0 Å². The summed E-state index contributed by atoms with van der Waals surface area (Å²) in [7, 11) is 0. The summed E-state index contributed by atoms with van der Waals surface area (Å²) in [6, 6.07) is 0. The van der Waals surface area contributed by atoms with Gasteiger partial charge in [-0.2, -0.15) is 5.10 Å². The Morgan fingerprint density at radius 2 is 2.21 bits per heavy atom. The quantitative estimate of drug-likeness (QED) is 0.803. The first-order chi connectivity index (χ1) is 6.68. The Kier molecular flexibility index (Phi) is 2.39. The highest BCUT2D eigenvalue weighted by Gasteiger charge is 2.08. The van der Waals surface area contributed by atoms with Gasteiger partial charge >= 0.3 is 0 Å². The molecule has 2 aromatic rings. The van der Waals surface area contributed by atoms with E-state index in [9.17, 15) is 0 Å². The van der Waals surface area contributed by atoms with Crippen LogP contribution in [0.25, 0.3) is 5.82 Å². The lowest BCUT2D eigenvalue weighted by Gasteiger charge is -2.03. The van der Waals surface area contributed by atoms with Crippen LogP contribution >= 0.6 is 27.5 Å². The lowest BCUT2D eigenvalue weighted by molar-refractivity contribution is 0.843. The second kappa shape index (κ2) is 3.55. The van der Waals surface area contributed by atoms with E-state index in [0.717, 1.165) is 4.47 Å². The van der Waals surface area contributed by atoms with Crippen molar-refractivity contribution < 1.29 is 0 Å². The molecule has 0 saturated carbocycles. The number of rotatable bonds is 1. The van der Waals surface area contributed by atoms with Gasteiger partial charge in [0.2, 0.25) is 0 Å². The SMILES string of the molecule is Nc1c(Cl)ncnc1-n1cc(Br)cn1. The maximum atomic E-state index is 5.74. The van der Waals surface area contributed by atoms with E-state index in [0.29, 0.717) is 11.5 Å². The Labute approximate surface area is 93.0 Å². The minimum absolute atomic E-state index is 0.224. The molecule has 0 radical (unpaired) electrons. The molecule has 0 bridgehead atoms. The van der Waals surface area contributed by atoms with Crippen molar-refractivity contribution in [2.45, 2.75) is 0 Å². The second-order valence-electron chi connectivity index (χ2n) is 2.50. The van der Waals surface area contributed by atoms with Crippen LogP contribution in [0.5, 0.6) is 0 Å². The molecule has 0 aliphatic carbocycles. The zero-order valence-electron chi connectivity index (χ0n) is 6.85. The van der Waals surface area contributed by atoms with Gasteiger partial charge in [0, 0.05) is 6.20 Å². The smallest absolute Gasteiger partial charge is 0.181 e. The van der Waals surface area contributed by atoms with Gasteiger partial charge in [-0.1, -0.05) is 11.6 Å². The van der Waals surface area contributed by atoms with Crippen LogP contribution < -0.4 is 5.73 Å². The van der Waals surface area contributed by atoms with Gasteiger partial charge in [0.1, 0.15) is 12.0 Å². The fourth-order valence-corrected chi connectivity index (χ4v) is 1.38. The van der Waals surface area contributed by atoms with Crippen LogP contribution in [-0.4, -0.2) is 19.7 Å². The number of nitrogens with zero attached hydrogens (tertiary/aromatic N) is 4. The lowest BCUT2D eigenvalue weighted by Crippen LogP contribution is -2.04. The molecule has 0 atom stereocenters. The lowest BCUT2D eigenvalue weighted by atomic mass is 10.5. The van der Waals surface area contributed by atoms with Crippen LogP contribution in [-0.2, 0) is 0 Å². The molecule has 0 aliphatic rings. The third-order valence-electron chi connectivity index (χ3n) is 1.58. The van der Waals surface area contributed by atoms with Gasteiger partial charge < -0.3 is 5.73 Å². The van der Waals surface area contributed by atoms with Crippen molar-refractivity contribution in [3.8, 4) is 5.82 Å². The average Bonchev–Trinajstić information content (AvgIpc) is 2.57. The summed E-state index contributed by atoms with van der Waals surface area (Å²) in [6.07, 6.45) is 4.70. The third-order valence-corrected chi connectivity index (χ3v) is 2.29. The van der Waals surface area contributed by atoms with Gasteiger partial charge in [-0.25, -0.2) is 14.6 Å². The molecule has 2 rings (SSSR count). The van der Waals surface area contributed by atoms with E-state index in [1.807, 2.05) is 0 Å². The van der Waals surface area contributed by atoms with Gasteiger partial charge in [0.05, 0.1) is 10.7 Å². The molecule has 0 fully saturated rings. The monoisotopic (exact) mass is 273 g/mol. The molecule has 0 unspecified atom stereocenters. The molecule has 2 heterocycles. The minimum Gasteiger partial charge on any atom is -0.393 e. The molecular weight excluding hydrogens is 269 g/mol. The summed E-state index contributed by atoms with van der Waals surface area (Å²) in [4.78, 5) is 7.73. The van der Waals surface area contributed by atoms with Crippen LogP contribution in [0.2, 0.25) is 5.15 Å². The van der Waals surface area contributed by atoms with Crippen molar-refractivity contribution in [3.63, 3.8) is 0 Å². The first-order valence-electron chi connectivity index (χ1n) is 3.65. The highest BCUT2D eigenvalue weighted by molar-refractivity contribution is 9.10. The number of hydrogen-bond donors (Lipinski definition) is 1. The van der Waals surface area contributed by atoms with Crippen molar-refractivity contribution in [1.29, 1.82) is 0 Å².